The van der Waals surface area contributed by atoms with Crippen molar-refractivity contribution in [2.45, 2.75) is 77.6 Å². The summed E-state index contributed by atoms with van der Waals surface area (Å²) in [6, 6.07) is 8.19. The maximum atomic E-state index is 12.6. The number of carbonyl (C=O) groups excluding carboxylic acids is 1. The van der Waals surface area contributed by atoms with Crippen molar-refractivity contribution < 1.29 is 9.53 Å². The molecule has 0 amide bonds. The van der Waals surface area contributed by atoms with Crippen LogP contribution in [0.3, 0.4) is 0 Å². The molecule has 3 atom stereocenters. The molecule has 0 bridgehead atoms. The first-order valence-electron chi connectivity index (χ1n) is 10.0. The minimum atomic E-state index is -0.00527. The lowest BCUT2D eigenvalue weighted by Crippen LogP contribution is -2.33. The smallest absolute Gasteiger partial charge is 0.314 e. The number of hydrogen-bond donors (Lipinski definition) is 0. The van der Waals surface area contributed by atoms with E-state index in [0.29, 0.717) is 11.7 Å². The van der Waals surface area contributed by atoms with E-state index in [2.05, 4.69) is 26.0 Å². The van der Waals surface area contributed by atoms with Gasteiger partial charge in [0, 0.05) is 0 Å². The normalized spacial score (nSPS) is 26.9. The number of rotatable bonds is 5. The van der Waals surface area contributed by atoms with E-state index in [0.717, 1.165) is 37.5 Å². The lowest BCUT2D eigenvalue weighted by molar-refractivity contribution is -0.141. The van der Waals surface area contributed by atoms with Crippen LogP contribution in [0.4, 0.5) is 0 Å². The maximum Gasteiger partial charge on any atom is 0.314 e. The van der Waals surface area contributed by atoms with E-state index in [-0.39, 0.29) is 11.9 Å². The van der Waals surface area contributed by atoms with Gasteiger partial charge in [0.15, 0.2) is 0 Å². The molecule has 0 aromatic heterocycles. The molecule has 2 fully saturated rings. The average Bonchev–Trinajstić information content (AvgIpc) is 2.63. The second-order valence-corrected chi connectivity index (χ2v) is 7.82. The fraction of sp³-hybridized carbons (Fsp3) is 0.682. The Balaban J connectivity index is 1.56. The number of fused-ring (bicyclic) bond motifs is 1. The first-order valence-corrected chi connectivity index (χ1v) is 10.0. The predicted molar refractivity (Wildman–Crippen MR) is 98.2 cm³/mol. The van der Waals surface area contributed by atoms with Gasteiger partial charge in [-0.1, -0.05) is 51.7 Å². The molecule has 0 radical (unpaired) electrons. The van der Waals surface area contributed by atoms with Crippen LogP contribution in [0.1, 0.15) is 83.1 Å². The fourth-order valence-electron chi connectivity index (χ4n) is 4.86. The van der Waals surface area contributed by atoms with Crippen LogP contribution in [-0.4, -0.2) is 5.97 Å². The molecule has 2 heteroatoms. The Kier molecular flexibility index (Phi) is 5.97. The maximum absolute atomic E-state index is 12.6. The third-order valence-electron chi connectivity index (χ3n) is 6.43. The molecule has 0 N–H and O–H groups in total. The van der Waals surface area contributed by atoms with Crippen molar-refractivity contribution in [2.24, 2.45) is 17.8 Å². The molecule has 1 aromatic carbocycles. The Morgan fingerprint density at radius 3 is 2.33 bits per heavy atom. The van der Waals surface area contributed by atoms with E-state index in [1.807, 2.05) is 12.1 Å². The summed E-state index contributed by atoms with van der Waals surface area (Å²) >= 11 is 0. The van der Waals surface area contributed by atoms with Gasteiger partial charge in [0.25, 0.3) is 0 Å². The molecule has 0 heterocycles. The summed E-state index contributed by atoms with van der Waals surface area (Å²) in [7, 11) is 0. The molecular weight excluding hydrogens is 296 g/mol. The zero-order valence-electron chi connectivity index (χ0n) is 15.3. The Hall–Kier alpha value is -1.31. The van der Waals surface area contributed by atoms with Crippen molar-refractivity contribution in [3.8, 4) is 5.75 Å². The summed E-state index contributed by atoms with van der Waals surface area (Å²) in [6.07, 6.45) is 11.0. The zero-order chi connectivity index (χ0) is 16.9. The van der Waals surface area contributed by atoms with Crippen LogP contribution in [0.5, 0.6) is 5.75 Å². The lowest BCUT2D eigenvalue weighted by atomic mass is 9.67. The van der Waals surface area contributed by atoms with Crippen LogP contribution >= 0.6 is 0 Å². The molecule has 0 aliphatic heterocycles. The predicted octanol–water partition coefficient (Wildman–Crippen LogP) is 6.10. The van der Waals surface area contributed by atoms with Crippen molar-refractivity contribution in [2.75, 3.05) is 0 Å². The first kappa shape index (κ1) is 17.5. The van der Waals surface area contributed by atoms with Crippen LogP contribution < -0.4 is 4.74 Å². The van der Waals surface area contributed by atoms with Crippen molar-refractivity contribution in [3.63, 3.8) is 0 Å². The largest absolute Gasteiger partial charge is 0.426 e. The second-order valence-electron chi connectivity index (χ2n) is 7.82. The molecule has 3 unspecified atom stereocenters. The van der Waals surface area contributed by atoms with Crippen LogP contribution in [0, 0.1) is 17.8 Å². The second kappa shape index (κ2) is 8.18. The Morgan fingerprint density at radius 2 is 1.67 bits per heavy atom. The van der Waals surface area contributed by atoms with Gasteiger partial charge >= 0.3 is 5.97 Å². The van der Waals surface area contributed by atoms with E-state index < -0.39 is 0 Å². The summed E-state index contributed by atoms with van der Waals surface area (Å²) in [6.45, 7) is 4.45. The summed E-state index contributed by atoms with van der Waals surface area (Å²) < 4.78 is 5.70. The third-order valence-corrected chi connectivity index (χ3v) is 6.43. The van der Waals surface area contributed by atoms with E-state index in [1.54, 1.807) is 0 Å². The van der Waals surface area contributed by atoms with Crippen LogP contribution in [0.25, 0.3) is 0 Å². The third kappa shape index (κ3) is 4.02. The number of hydrogen-bond acceptors (Lipinski definition) is 2. The summed E-state index contributed by atoms with van der Waals surface area (Å²) in [4.78, 5) is 12.6. The Morgan fingerprint density at radius 1 is 1.00 bits per heavy atom. The topological polar surface area (TPSA) is 26.3 Å². The minimum absolute atomic E-state index is 0.00527. The van der Waals surface area contributed by atoms with Crippen molar-refractivity contribution >= 4 is 5.97 Å². The monoisotopic (exact) mass is 328 g/mol. The molecular formula is C22H32O2. The number of carbonyl (C=O) groups is 1. The molecule has 2 aliphatic rings. The standard InChI is InChI=1S/C22H32O2/c1-3-16(4-2)18-11-13-21(14-12-18)24-22(23)20-10-9-17-7-5-6-8-19(17)15-20/h11-14,16-17,19-20H,3-10,15H2,1-2H3. The zero-order valence-corrected chi connectivity index (χ0v) is 15.3. The van der Waals surface area contributed by atoms with Crippen molar-refractivity contribution in [1.82, 2.24) is 0 Å². The Bertz CT molecular complexity index is 529. The van der Waals surface area contributed by atoms with Crippen molar-refractivity contribution in [1.29, 1.82) is 0 Å². The van der Waals surface area contributed by atoms with Gasteiger partial charge in [-0.25, -0.2) is 0 Å². The molecule has 2 nitrogen and oxygen atoms in total. The summed E-state index contributed by atoms with van der Waals surface area (Å²) in [5.74, 6) is 3.07. The highest BCUT2D eigenvalue weighted by Crippen LogP contribution is 2.43. The molecule has 3 rings (SSSR count). The van der Waals surface area contributed by atoms with Gasteiger partial charge < -0.3 is 4.74 Å². The van der Waals surface area contributed by atoms with Crippen molar-refractivity contribution in [3.05, 3.63) is 29.8 Å². The highest BCUT2D eigenvalue weighted by Gasteiger charge is 2.35. The fourth-order valence-corrected chi connectivity index (χ4v) is 4.86. The van der Waals surface area contributed by atoms with E-state index in [4.69, 9.17) is 4.74 Å². The molecule has 24 heavy (non-hydrogen) atoms. The van der Waals surface area contributed by atoms with Gasteiger partial charge in [0.05, 0.1) is 5.92 Å². The molecule has 132 valence electrons. The molecule has 2 saturated carbocycles. The quantitative estimate of drug-likeness (QED) is 0.482. The van der Waals surface area contributed by atoms with E-state index in [1.165, 1.54) is 37.7 Å². The van der Waals surface area contributed by atoms with Gasteiger partial charge in [-0.3, -0.25) is 4.79 Å². The summed E-state index contributed by atoms with van der Waals surface area (Å²) in [5, 5.41) is 0. The van der Waals surface area contributed by atoms with Gasteiger partial charge in [0.1, 0.15) is 5.75 Å². The van der Waals surface area contributed by atoms with Crippen LogP contribution in [0.15, 0.2) is 24.3 Å². The molecule has 0 saturated heterocycles. The highest BCUT2D eigenvalue weighted by molar-refractivity contribution is 5.75. The van der Waals surface area contributed by atoms with Gasteiger partial charge in [0.2, 0.25) is 0 Å². The van der Waals surface area contributed by atoms with Gasteiger partial charge in [-0.15, -0.1) is 0 Å². The number of ether oxygens (including phenoxy) is 1. The van der Waals surface area contributed by atoms with Crippen LogP contribution in [0.2, 0.25) is 0 Å². The average molecular weight is 328 g/mol. The molecule has 1 aromatic rings. The first-order chi connectivity index (χ1) is 11.7. The Labute approximate surface area is 147 Å². The SMILES string of the molecule is CCC(CC)c1ccc(OC(=O)C2CCC3CCCCC3C2)cc1. The van der Waals surface area contributed by atoms with Crippen LogP contribution in [-0.2, 0) is 4.79 Å². The van der Waals surface area contributed by atoms with E-state index in [9.17, 15) is 4.79 Å². The molecule has 2 aliphatic carbocycles. The lowest BCUT2D eigenvalue weighted by Gasteiger charge is -2.38. The number of benzene rings is 1. The highest BCUT2D eigenvalue weighted by atomic mass is 16.5. The van der Waals surface area contributed by atoms with Gasteiger partial charge in [-0.05, 0) is 67.6 Å². The minimum Gasteiger partial charge on any atom is -0.426 e. The molecule has 0 spiro atoms. The van der Waals surface area contributed by atoms with E-state index >= 15 is 0 Å². The summed E-state index contributed by atoms with van der Waals surface area (Å²) in [5.41, 5.74) is 1.35. The number of esters is 1. The van der Waals surface area contributed by atoms with Gasteiger partial charge in [-0.2, -0.15) is 0 Å².